The van der Waals surface area contributed by atoms with Gasteiger partial charge in [0.05, 0.1) is 24.0 Å². The van der Waals surface area contributed by atoms with E-state index in [2.05, 4.69) is 38.5 Å². The number of carbonyl (C=O) groups excluding carboxylic acids is 2. The van der Waals surface area contributed by atoms with Gasteiger partial charge in [0.15, 0.2) is 0 Å². The molecule has 0 spiro atoms. The molecule has 0 aromatic heterocycles. The molecule has 2 aliphatic carbocycles. The van der Waals surface area contributed by atoms with Gasteiger partial charge in [-0.3, -0.25) is 15.0 Å². The number of unbranched alkanes of at least 4 members (excludes halogenated alkanes) is 1. The molecular formula is C37H68F4N7O7. The van der Waals surface area contributed by atoms with E-state index in [1.54, 1.807) is 24.3 Å². The lowest BCUT2D eigenvalue weighted by atomic mass is 9.78. The van der Waals surface area contributed by atoms with E-state index in [-0.39, 0.29) is 64.9 Å². The van der Waals surface area contributed by atoms with E-state index < -0.39 is 48.1 Å². The lowest BCUT2D eigenvalue weighted by Gasteiger charge is -2.40. The van der Waals surface area contributed by atoms with Crippen LogP contribution in [0.5, 0.6) is 5.75 Å². The first-order valence-corrected chi connectivity index (χ1v) is 18.7. The fraction of sp³-hybridized carbons (Fsp3) is 0.730. The molecule has 1 heterocycles. The Morgan fingerprint density at radius 2 is 1.64 bits per heavy atom. The number of hydrogen-bond donors (Lipinski definition) is 9. The monoisotopic (exact) mass is 799 g/mol. The topological polar surface area (TPSA) is 255 Å². The van der Waals surface area contributed by atoms with Gasteiger partial charge in [-0.2, -0.15) is 0 Å². The first-order chi connectivity index (χ1) is 24.2. The van der Waals surface area contributed by atoms with Crippen LogP contribution in [0.25, 0.3) is 0 Å². The van der Waals surface area contributed by atoms with Crippen LogP contribution in [-0.2, 0) is 4.79 Å². The van der Waals surface area contributed by atoms with Crippen molar-refractivity contribution in [3.8, 4) is 5.75 Å². The molecule has 3 amide bonds. The maximum Gasteiger partial charge on any atom is 0.319 e. The summed E-state index contributed by atoms with van der Waals surface area (Å²) in [6, 6.07) is 4.49. The molecular weight excluding hydrogens is 730 g/mol. The number of nitrogens with one attached hydrogen (secondary N) is 6. The summed E-state index contributed by atoms with van der Waals surface area (Å²) in [6.45, 7) is 11.8. The van der Waals surface area contributed by atoms with Crippen LogP contribution in [0.4, 0.5) is 28.4 Å². The number of aliphatic hydroxyl groups excluding tert-OH is 1. The van der Waals surface area contributed by atoms with Gasteiger partial charge in [-0.15, -0.1) is 0 Å². The predicted molar refractivity (Wildman–Crippen MR) is 207 cm³/mol. The summed E-state index contributed by atoms with van der Waals surface area (Å²) in [7, 11) is 0. The third-order valence-electron chi connectivity index (χ3n) is 9.87. The van der Waals surface area contributed by atoms with E-state index in [0.29, 0.717) is 49.5 Å². The Hall–Kier alpha value is -3.42. The quantitative estimate of drug-likeness (QED) is 0.0885. The Labute approximate surface area is 323 Å². The van der Waals surface area contributed by atoms with E-state index in [0.717, 1.165) is 19.9 Å². The van der Waals surface area contributed by atoms with Crippen LogP contribution in [-0.4, -0.2) is 102 Å². The second kappa shape index (κ2) is 27.2. The lowest BCUT2D eigenvalue weighted by Crippen LogP contribution is -2.59. The molecule has 14 N–H and O–H groups in total. The minimum absolute atomic E-state index is 0. The van der Waals surface area contributed by atoms with Crippen molar-refractivity contribution in [2.45, 2.75) is 134 Å². The van der Waals surface area contributed by atoms with Crippen LogP contribution in [0.1, 0.15) is 91.4 Å². The number of anilines is 1. The first-order valence-electron chi connectivity index (χ1n) is 18.7. The number of alkyl halides is 3. The van der Waals surface area contributed by atoms with E-state index in [1.165, 1.54) is 32.9 Å². The van der Waals surface area contributed by atoms with Crippen molar-refractivity contribution in [1.29, 1.82) is 0 Å². The zero-order valence-corrected chi connectivity index (χ0v) is 32.5. The van der Waals surface area contributed by atoms with Crippen molar-refractivity contribution in [1.82, 2.24) is 26.6 Å². The number of hydrogen-bond acceptors (Lipinski definition) is 8. The number of amides is 3. The van der Waals surface area contributed by atoms with Crippen LogP contribution in [0.15, 0.2) is 36.7 Å². The molecule has 3 aliphatic rings. The molecule has 3 fully saturated rings. The Morgan fingerprint density at radius 3 is 2.16 bits per heavy atom. The Balaban J connectivity index is 0. The number of carbonyl (C=O) groups is 2. The smallest absolute Gasteiger partial charge is 0.319 e. The van der Waals surface area contributed by atoms with Crippen molar-refractivity contribution >= 4 is 17.6 Å². The predicted octanol–water partition coefficient (Wildman–Crippen LogP) is 3.25. The maximum absolute atomic E-state index is 14.4. The van der Waals surface area contributed by atoms with Gasteiger partial charge in [0.25, 0.3) is 0 Å². The van der Waals surface area contributed by atoms with Gasteiger partial charge in [-0.1, -0.05) is 13.5 Å². The zero-order chi connectivity index (χ0) is 37.4. The first kappa shape index (κ1) is 53.7. The summed E-state index contributed by atoms with van der Waals surface area (Å²) in [4.78, 5) is 25.4. The third-order valence-corrected chi connectivity index (χ3v) is 9.87. The number of halogens is 4. The highest BCUT2D eigenvalue weighted by Gasteiger charge is 2.42. The maximum atomic E-state index is 14.4. The Kier molecular flexibility index (Phi) is 26.6. The van der Waals surface area contributed by atoms with Gasteiger partial charge >= 0.3 is 6.03 Å². The highest BCUT2D eigenvalue weighted by Crippen LogP contribution is 2.38. The van der Waals surface area contributed by atoms with Crippen LogP contribution in [0.3, 0.4) is 0 Å². The summed E-state index contributed by atoms with van der Waals surface area (Å²) in [5.41, 5.74) is 5.92. The number of ether oxygens (including phenoxy) is 1. The van der Waals surface area contributed by atoms with Crippen LogP contribution in [0, 0.1) is 11.8 Å². The van der Waals surface area contributed by atoms with Crippen molar-refractivity contribution in [3.63, 3.8) is 0 Å². The molecule has 2 saturated carbocycles. The van der Waals surface area contributed by atoms with Crippen LogP contribution < -0.4 is 42.4 Å². The van der Waals surface area contributed by atoms with Crippen LogP contribution in [0.2, 0.25) is 0 Å². The molecule has 0 bridgehead atoms. The van der Waals surface area contributed by atoms with Gasteiger partial charge < -0.3 is 58.4 Å². The van der Waals surface area contributed by atoms with Crippen molar-refractivity contribution in [3.05, 3.63) is 36.7 Å². The molecule has 55 heavy (non-hydrogen) atoms. The van der Waals surface area contributed by atoms with E-state index in [4.69, 9.17) is 10.5 Å². The molecule has 8 unspecified atom stereocenters. The largest absolute Gasteiger partial charge is 0.490 e. The van der Waals surface area contributed by atoms with Crippen molar-refractivity contribution < 1.29 is 53.7 Å². The van der Waals surface area contributed by atoms with Crippen LogP contribution >= 0.6 is 0 Å². The fourth-order valence-electron chi connectivity index (χ4n) is 6.97. The minimum Gasteiger partial charge on any atom is -0.490 e. The second-order valence-electron chi connectivity index (χ2n) is 14.4. The highest BCUT2D eigenvalue weighted by atomic mass is 19.3. The Morgan fingerprint density at radius 1 is 1.02 bits per heavy atom. The second-order valence-corrected chi connectivity index (χ2v) is 14.4. The number of aliphatic hydroxyl groups is 1. The molecule has 1 aliphatic heterocycles. The molecule has 18 heteroatoms. The molecule has 1 saturated heterocycles. The number of benzene rings is 1. The van der Waals surface area contributed by atoms with E-state index in [1.807, 2.05) is 6.92 Å². The summed E-state index contributed by atoms with van der Waals surface area (Å²) >= 11 is 0. The van der Waals surface area contributed by atoms with Gasteiger partial charge in [0.2, 0.25) is 11.8 Å². The zero-order valence-electron chi connectivity index (χ0n) is 32.5. The summed E-state index contributed by atoms with van der Waals surface area (Å²) in [6.07, 6.45) is 4.31. The molecule has 1 aromatic carbocycles. The average molecular weight is 799 g/mol. The van der Waals surface area contributed by atoms with Crippen molar-refractivity contribution in [2.75, 3.05) is 31.5 Å². The van der Waals surface area contributed by atoms with Gasteiger partial charge in [0.1, 0.15) is 18.0 Å². The fourth-order valence-corrected chi connectivity index (χ4v) is 6.97. The average Bonchev–Trinajstić information content (AvgIpc) is 3.66. The standard InChI is InChI=1S/C33H53F3N6O4.C4H9N.FH.2H2O.HO/c1-5-13-39-25-17-23(33(4,35)36)18-27(19-25)46-26-11-9-24(10-12-26)40-32(45)42-29-16-22(20(2)34)15-28(31(29)44)41-30(43)8-6-7-14-38-21(3)37;1-2-4-5-3-1;;;;/h9-12,20,22-23,25,27-29,31,38-39,44H,3,5-8,13-19,37H2,1-2,4H3,(H,41,43)(H2,40,42,45);5H,1-4H2;1H;2*1H2;1H. The summed E-state index contributed by atoms with van der Waals surface area (Å²) in [5.74, 6) is -3.42. The number of nitrogens with two attached hydrogens (primary N) is 1. The van der Waals surface area contributed by atoms with Gasteiger partial charge in [0, 0.05) is 30.6 Å². The number of rotatable bonds is 16. The van der Waals surface area contributed by atoms with Gasteiger partial charge in [-0.05, 0) is 128 Å². The molecule has 1 aromatic rings. The molecule has 14 nitrogen and oxygen atoms in total. The Bertz CT molecular complexity index is 1210. The molecule has 4 rings (SSSR count). The normalized spacial score (nSPS) is 25.0. The van der Waals surface area contributed by atoms with Gasteiger partial charge in [-0.25, -0.2) is 18.0 Å². The minimum atomic E-state index is -2.80. The SMILES string of the molecule is C1CCNC1.C=C(N)NCCCCC(=O)NC1CC(C(C)F)CC(NC(=O)Nc2ccc(OC3CC(NCCC)CC(C(C)(F)F)C3)cc2)C1O.F.O.O.[OH]. The number of urea groups is 1. The molecule has 321 valence electrons. The van der Waals surface area contributed by atoms with E-state index in [9.17, 15) is 27.9 Å². The summed E-state index contributed by atoms with van der Waals surface area (Å²) < 4.78 is 48.9. The van der Waals surface area contributed by atoms with Crippen molar-refractivity contribution in [2.24, 2.45) is 17.6 Å². The van der Waals surface area contributed by atoms with E-state index >= 15 is 0 Å². The highest BCUT2D eigenvalue weighted by molar-refractivity contribution is 5.89. The molecule has 8 atom stereocenters. The molecule has 1 radical (unpaired) electrons. The lowest BCUT2D eigenvalue weighted by molar-refractivity contribution is -0.123. The third kappa shape index (κ3) is 19.8. The summed E-state index contributed by atoms with van der Waals surface area (Å²) in [5, 5.41) is 28.8.